The number of halogens is 1. The highest BCUT2D eigenvalue weighted by molar-refractivity contribution is 6.51. The van der Waals surface area contributed by atoms with E-state index in [1.54, 1.807) is 42.6 Å². The van der Waals surface area contributed by atoms with Crippen molar-refractivity contribution in [2.24, 2.45) is 5.92 Å². The minimum absolute atomic E-state index is 0.0619. The maximum Gasteiger partial charge on any atom is 0.300 e. The highest BCUT2D eigenvalue weighted by atomic mass is 19.1. The molecule has 2 heterocycles. The predicted octanol–water partition coefficient (Wildman–Crippen LogP) is 4.88. The molecule has 1 unspecified atom stereocenters. The second-order valence-electron chi connectivity index (χ2n) is 8.16. The number of carbonyl (C=O) groups excluding carboxylic acids is 2. The zero-order valence-electron chi connectivity index (χ0n) is 18.2. The maximum absolute atomic E-state index is 13.5. The number of amides is 1. The van der Waals surface area contributed by atoms with Gasteiger partial charge in [-0.2, -0.15) is 0 Å². The molecule has 0 saturated carbocycles. The van der Waals surface area contributed by atoms with Gasteiger partial charge in [0.15, 0.2) is 0 Å². The lowest BCUT2D eigenvalue weighted by Gasteiger charge is -2.25. The van der Waals surface area contributed by atoms with Gasteiger partial charge in [0.25, 0.3) is 11.7 Å². The van der Waals surface area contributed by atoms with E-state index in [2.05, 4.69) is 4.98 Å². The molecule has 1 saturated heterocycles. The molecule has 1 amide bonds. The molecule has 1 atom stereocenters. The molecule has 4 rings (SSSR count). The summed E-state index contributed by atoms with van der Waals surface area (Å²) in [5, 5.41) is 11.1. The molecule has 6 nitrogen and oxygen atoms in total. The van der Waals surface area contributed by atoms with Gasteiger partial charge in [-0.1, -0.05) is 19.9 Å². The van der Waals surface area contributed by atoms with Crippen molar-refractivity contribution in [2.75, 3.05) is 11.5 Å². The minimum Gasteiger partial charge on any atom is -0.507 e. The van der Waals surface area contributed by atoms with Crippen molar-refractivity contribution in [3.05, 3.63) is 95.6 Å². The third-order valence-corrected chi connectivity index (χ3v) is 5.26. The average Bonchev–Trinajstić information content (AvgIpc) is 3.09. The predicted molar refractivity (Wildman–Crippen MR) is 122 cm³/mol. The Morgan fingerprint density at radius 3 is 2.39 bits per heavy atom. The van der Waals surface area contributed by atoms with Crippen molar-refractivity contribution in [3.8, 4) is 5.75 Å². The van der Waals surface area contributed by atoms with Crippen LogP contribution >= 0.6 is 0 Å². The van der Waals surface area contributed by atoms with Crippen LogP contribution in [0.1, 0.15) is 31.0 Å². The molecule has 2 aromatic carbocycles. The van der Waals surface area contributed by atoms with E-state index in [1.807, 2.05) is 13.8 Å². The summed E-state index contributed by atoms with van der Waals surface area (Å²) in [7, 11) is 0. The van der Waals surface area contributed by atoms with Gasteiger partial charge >= 0.3 is 0 Å². The van der Waals surface area contributed by atoms with Crippen molar-refractivity contribution in [1.29, 1.82) is 0 Å². The fourth-order valence-electron chi connectivity index (χ4n) is 3.68. The summed E-state index contributed by atoms with van der Waals surface area (Å²) in [4.78, 5) is 31.4. The number of aromatic nitrogens is 1. The minimum atomic E-state index is -0.916. The van der Waals surface area contributed by atoms with Crippen LogP contribution in [-0.2, 0) is 9.59 Å². The maximum atomic E-state index is 13.5. The van der Waals surface area contributed by atoms with E-state index in [0.29, 0.717) is 35.1 Å². The number of carbonyl (C=O) groups is 2. The van der Waals surface area contributed by atoms with Crippen LogP contribution in [0.15, 0.2) is 78.6 Å². The van der Waals surface area contributed by atoms with Gasteiger partial charge in [-0.05, 0) is 66.1 Å². The molecule has 0 radical (unpaired) electrons. The van der Waals surface area contributed by atoms with Crippen LogP contribution in [-0.4, -0.2) is 28.4 Å². The van der Waals surface area contributed by atoms with Gasteiger partial charge in [0.1, 0.15) is 17.3 Å². The molecular weight excluding hydrogens is 423 g/mol. The first-order chi connectivity index (χ1) is 15.9. The second-order valence-corrected chi connectivity index (χ2v) is 8.16. The first-order valence-corrected chi connectivity index (χ1v) is 10.6. The molecule has 168 valence electrons. The van der Waals surface area contributed by atoms with Crippen LogP contribution in [0.5, 0.6) is 5.75 Å². The van der Waals surface area contributed by atoms with Gasteiger partial charge in [-0.3, -0.25) is 19.5 Å². The number of aliphatic hydroxyl groups is 1. The molecule has 1 aromatic heterocycles. The SMILES string of the molecule is CC(C)COc1ccc(/C(O)=C2/C(=O)C(=O)N(c3ccc(F)cc3)C2c2cccnc2)cc1. The molecular formula is C26H23FN2O4. The zero-order chi connectivity index (χ0) is 23.5. The number of hydrogen-bond acceptors (Lipinski definition) is 5. The van der Waals surface area contributed by atoms with Gasteiger partial charge in [-0.15, -0.1) is 0 Å². The number of benzene rings is 2. The van der Waals surface area contributed by atoms with Crippen LogP contribution in [0.2, 0.25) is 0 Å². The van der Waals surface area contributed by atoms with E-state index < -0.39 is 23.5 Å². The largest absolute Gasteiger partial charge is 0.507 e. The van der Waals surface area contributed by atoms with Crippen molar-refractivity contribution in [2.45, 2.75) is 19.9 Å². The van der Waals surface area contributed by atoms with E-state index >= 15 is 0 Å². The number of aliphatic hydroxyl groups excluding tert-OH is 1. The summed E-state index contributed by atoms with van der Waals surface area (Å²) < 4.78 is 19.2. The first-order valence-electron chi connectivity index (χ1n) is 10.6. The number of pyridine rings is 1. The molecule has 7 heteroatoms. The number of rotatable bonds is 6. The Kier molecular flexibility index (Phi) is 6.22. The Morgan fingerprint density at radius 2 is 1.79 bits per heavy atom. The number of Topliss-reactive ketones (excluding diaryl/α,β-unsaturated/α-hetero) is 1. The number of ether oxygens (including phenoxy) is 1. The van der Waals surface area contributed by atoms with Crippen LogP contribution in [0, 0.1) is 11.7 Å². The standard InChI is InChI=1S/C26H23FN2O4/c1-16(2)15-33-21-11-5-17(6-12-21)24(30)22-23(18-4-3-13-28-14-18)29(26(32)25(22)31)20-9-7-19(27)8-10-20/h3-14,16,23,30H,15H2,1-2H3/b24-22-. The Balaban J connectivity index is 1.79. The van der Waals surface area contributed by atoms with Crippen molar-refractivity contribution >= 4 is 23.1 Å². The van der Waals surface area contributed by atoms with Gasteiger partial charge in [0, 0.05) is 23.6 Å². The van der Waals surface area contributed by atoms with E-state index in [9.17, 15) is 19.1 Å². The Bertz CT molecular complexity index is 1190. The van der Waals surface area contributed by atoms with E-state index in [1.165, 1.54) is 35.4 Å². The van der Waals surface area contributed by atoms with Crippen LogP contribution in [0.25, 0.3) is 5.76 Å². The number of ketones is 1. The number of nitrogens with zero attached hydrogens (tertiary/aromatic N) is 2. The quantitative estimate of drug-likeness (QED) is 0.332. The van der Waals surface area contributed by atoms with E-state index in [0.717, 1.165) is 0 Å². The molecule has 1 fully saturated rings. The van der Waals surface area contributed by atoms with Crippen molar-refractivity contribution in [1.82, 2.24) is 4.98 Å². The fourth-order valence-corrected chi connectivity index (χ4v) is 3.68. The second kappa shape index (κ2) is 9.24. The molecule has 0 aliphatic carbocycles. The first kappa shape index (κ1) is 22.2. The van der Waals surface area contributed by atoms with Gasteiger partial charge in [-0.25, -0.2) is 4.39 Å². The highest BCUT2D eigenvalue weighted by Gasteiger charge is 2.47. The fraction of sp³-hybridized carbons (Fsp3) is 0.192. The lowest BCUT2D eigenvalue weighted by molar-refractivity contribution is -0.132. The molecule has 0 spiro atoms. The normalized spacial score (nSPS) is 17.6. The molecule has 33 heavy (non-hydrogen) atoms. The summed E-state index contributed by atoms with van der Waals surface area (Å²) in [6, 6.07) is 14.4. The third-order valence-electron chi connectivity index (χ3n) is 5.26. The summed E-state index contributed by atoms with van der Waals surface area (Å²) in [5.74, 6) is -1.41. The third kappa shape index (κ3) is 4.48. The summed E-state index contributed by atoms with van der Waals surface area (Å²) in [5.41, 5.74) is 1.19. The molecule has 0 bridgehead atoms. The summed E-state index contributed by atoms with van der Waals surface area (Å²) in [6.45, 7) is 4.63. The lowest BCUT2D eigenvalue weighted by atomic mass is 9.96. The lowest BCUT2D eigenvalue weighted by Crippen LogP contribution is -2.29. The number of hydrogen-bond donors (Lipinski definition) is 1. The van der Waals surface area contributed by atoms with Gasteiger partial charge < -0.3 is 9.84 Å². The summed E-state index contributed by atoms with van der Waals surface area (Å²) in [6.07, 6.45) is 3.10. The topological polar surface area (TPSA) is 79.7 Å². The Morgan fingerprint density at radius 1 is 1.09 bits per heavy atom. The number of anilines is 1. The van der Waals surface area contributed by atoms with E-state index in [-0.39, 0.29) is 11.3 Å². The van der Waals surface area contributed by atoms with Gasteiger partial charge in [0.05, 0.1) is 18.2 Å². The molecule has 1 aliphatic rings. The van der Waals surface area contributed by atoms with Gasteiger partial charge in [0.2, 0.25) is 0 Å². The highest BCUT2D eigenvalue weighted by Crippen LogP contribution is 2.42. The summed E-state index contributed by atoms with van der Waals surface area (Å²) >= 11 is 0. The van der Waals surface area contributed by atoms with Crippen LogP contribution in [0.3, 0.4) is 0 Å². The molecule has 1 aliphatic heterocycles. The molecule has 3 aromatic rings. The van der Waals surface area contributed by atoms with E-state index in [4.69, 9.17) is 4.74 Å². The Hall–Kier alpha value is -4.00. The van der Waals surface area contributed by atoms with Crippen molar-refractivity contribution in [3.63, 3.8) is 0 Å². The molecule has 1 N–H and O–H groups in total. The van der Waals surface area contributed by atoms with Crippen LogP contribution in [0.4, 0.5) is 10.1 Å². The smallest absolute Gasteiger partial charge is 0.300 e. The Labute approximate surface area is 191 Å². The zero-order valence-corrected chi connectivity index (χ0v) is 18.2. The average molecular weight is 446 g/mol. The van der Waals surface area contributed by atoms with Crippen molar-refractivity contribution < 1.29 is 23.8 Å². The monoisotopic (exact) mass is 446 g/mol. The van der Waals surface area contributed by atoms with Crippen LogP contribution < -0.4 is 9.64 Å².